The van der Waals surface area contributed by atoms with E-state index in [0.29, 0.717) is 16.3 Å². The summed E-state index contributed by atoms with van der Waals surface area (Å²) in [6, 6.07) is 4.75. The van der Waals surface area contributed by atoms with Gasteiger partial charge in [-0.05, 0) is 25.1 Å². The van der Waals surface area contributed by atoms with E-state index in [1.165, 1.54) is 0 Å². The second-order valence-electron chi connectivity index (χ2n) is 4.10. The van der Waals surface area contributed by atoms with E-state index in [1.807, 2.05) is 0 Å². The Balaban J connectivity index is 2.50. The van der Waals surface area contributed by atoms with Crippen LogP contribution in [0.25, 0.3) is 5.76 Å². The van der Waals surface area contributed by atoms with Gasteiger partial charge in [0, 0.05) is 22.7 Å². The van der Waals surface area contributed by atoms with Crippen LogP contribution in [0.4, 0.5) is 5.69 Å². The van der Waals surface area contributed by atoms with Crippen LogP contribution < -0.4 is 5.32 Å². The molecule has 0 saturated heterocycles. The van der Waals surface area contributed by atoms with E-state index in [2.05, 4.69) is 5.32 Å². The zero-order valence-electron chi connectivity index (χ0n) is 10.3. The molecule has 0 aliphatic carbocycles. The minimum absolute atomic E-state index is 0.0444. The van der Waals surface area contributed by atoms with E-state index in [-0.39, 0.29) is 24.4 Å². The third-order valence-corrected chi connectivity index (χ3v) is 3.00. The van der Waals surface area contributed by atoms with Crippen LogP contribution in [0.5, 0.6) is 0 Å². The van der Waals surface area contributed by atoms with Gasteiger partial charge in [0.1, 0.15) is 12.0 Å². The molecule has 1 atom stereocenters. The highest BCUT2D eigenvalue weighted by atomic mass is 35.5. The molecule has 1 unspecified atom stereocenters. The third kappa shape index (κ3) is 2.83. The van der Waals surface area contributed by atoms with Crippen molar-refractivity contribution in [2.24, 2.45) is 0 Å². The minimum Gasteiger partial charge on any atom is -0.507 e. The molecule has 2 rings (SSSR count). The van der Waals surface area contributed by atoms with Crippen molar-refractivity contribution in [2.45, 2.75) is 19.6 Å². The topological polar surface area (TPSA) is 78.8 Å². The Labute approximate surface area is 115 Å². The van der Waals surface area contributed by atoms with Crippen LogP contribution in [0.3, 0.4) is 0 Å². The number of hydrogen-bond donors (Lipinski definition) is 3. The van der Waals surface area contributed by atoms with Crippen molar-refractivity contribution in [1.82, 2.24) is 0 Å². The van der Waals surface area contributed by atoms with Gasteiger partial charge in [-0.2, -0.15) is 0 Å². The SMILES string of the molecule is CCOC(=O)C1=C(O)c2ccc(Cl)cc2NC(O)C1. The second kappa shape index (κ2) is 5.50. The van der Waals surface area contributed by atoms with Crippen LogP contribution >= 0.6 is 11.6 Å². The van der Waals surface area contributed by atoms with E-state index in [1.54, 1.807) is 25.1 Å². The van der Waals surface area contributed by atoms with Crippen molar-refractivity contribution in [3.05, 3.63) is 34.4 Å². The van der Waals surface area contributed by atoms with Crippen molar-refractivity contribution in [2.75, 3.05) is 11.9 Å². The predicted molar refractivity (Wildman–Crippen MR) is 71.9 cm³/mol. The molecule has 1 aromatic rings. The number of halogens is 1. The summed E-state index contributed by atoms with van der Waals surface area (Å²) in [5.74, 6) is -0.835. The molecule has 0 bridgehead atoms. The van der Waals surface area contributed by atoms with Gasteiger partial charge < -0.3 is 20.3 Å². The number of aliphatic hydroxyl groups excluding tert-OH is 2. The van der Waals surface area contributed by atoms with Crippen molar-refractivity contribution in [1.29, 1.82) is 0 Å². The Morgan fingerprint density at radius 2 is 2.32 bits per heavy atom. The van der Waals surface area contributed by atoms with Crippen molar-refractivity contribution < 1.29 is 19.7 Å². The van der Waals surface area contributed by atoms with Gasteiger partial charge in [0.15, 0.2) is 0 Å². The van der Waals surface area contributed by atoms with Crippen LogP contribution in [-0.2, 0) is 9.53 Å². The Kier molecular flexibility index (Phi) is 3.97. The maximum Gasteiger partial charge on any atom is 0.337 e. The summed E-state index contributed by atoms with van der Waals surface area (Å²) < 4.78 is 4.87. The number of hydrogen-bond acceptors (Lipinski definition) is 5. The highest BCUT2D eigenvalue weighted by molar-refractivity contribution is 6.31. The molecule has 0 fully saturated rings. The quantitative estimate of drug-likeness (QED) is 0.726. The molecule has 102 valence electrons. The Morgan fingerprint density at radius 1 is 1.58 bits per heavy atom. The summed E-state index contributed by atoms with van der Waals surface area (Å²) in [6.07, 6.45) is -1.04. The number of carbonyl (C=O) groups is 1. The van der Waals surface area contributed by atoms with Gasteiger partial charge >= 0.3 is 5.97 Å². The first-order chi connectivity index (χ1) is 9.02. The molecule has 19 heavy (non-hydrogen) atoms. The van der Waals surface area contributed by atoms with E-state index < -0.39 is 12.2 Å². The molecule has 0 amide bonds. The molecular formula is C13H14ClNO4. The molecule has 3 N–H and O–H groups in total. The fourth-order valence-corrected chi connectivity index (χ4v) is 2.10. The van der Waals surface area contributed by atoms with Gasteiger partial charge in [-0.3, -0.25) is 0 Å². The zero-order valence-corrected chi connectivity index (χ0v) is 11.1. The summed E-state index contributed by atoms with van der Waals surface area (Å²) in [4.78, 5) is 11.8. The summed E-state index contributed by atoms with van der Waals surface area (Å²) in [6.45, 7) is 1.88. The van der Waals surface area contributed by atoms with Crippen LogP contribution in [0.2, 0.25) is 5.02 Å². The maximum atomic E-state index is 11.8. The summed E-state index contributed by atoms with van der Waals surface area (Å²) >= 11 is 5.86. The van der Waals surface area contributed by atoms with Gasteiger partial charge in [-0.1, -0.05) is 11.6 Å². The normalized spacial score (nSPS) is 18.4. The molecule has 1 aromatic carbocycles. The van der Waals surface area contributed by atoms with Gasteiger partial charge in [-0.15, -0.1) is 0 Å². The van der Waals surface area contributed by atoms with Crippen LogP contribution in [0.15, 0.2) is 23.8 Å². The van der Waals surface area contributed by atoms with E-state index in [9.17, 15) is 15.0 Å². The number of carbonyl (C=O) groups excluding carboxylic acids is 1. The monoisotopic (exact) mass is 283 g/mol. The third-order valence-electron chi connectivity index (χ3n) is 2.76. The van der Waals surface area contributed by atoms with Crippen LogP contribution in [0.1, 0.15) is 18.9 Å². The average molecular weight is 284 g/mol. The van der Waals surface area contributed by atoms with Gasteiger partial charge in [0.05, 0.1) is 12.2 Å². The molecule has 1 aliphatic heterocycles. The Bertz CT molecular complexity index is 541. The van der Waals surface area contributed by atoms with Crippen molar-refractivity contribution in [3.63, 3.8) is 0 Å². The number of esters is 1. The highest BCUT2D eigenvalue weighted by Gasteiger charge is 2.26. The predicted octanol–water partition coefficient (Wildman–Crippen LogP) is 2.31. The first-order valence-corrected chi connectivity index (χ1v) is 6.24. The van der Waals surface area contributed by atoms with E-state index >= 15 is 0 Å². The summed E-state index contributed by atoms with van der Waals surface area (Å²) in [5.41, 5.74) is 0.920. The van der Waals surface area contributed by atoms with Crippen molar-refractivity contribution in [3.8, 4) is 0 Å². The van der Waals surface area contributed by atoms with Gasteiger partial charge in [0.25, 0.3) is 0 Å². The molecule has 5 nitrogen and oxygen atoms in total. The number of ether oxygens (including phenoxy) is 1. The minimum atomic E-state index is -0.999. The molecule has 0 radical (unpaired) electrons. The Hall–Kier alpha value is -1.72. The number of aliphatic hydroxyl groups is 2. The number of rotatable bonds is 2. The number of nitrogens with one attached hydrogen (secondary N) is 1. The smallest absolute Gasteiger partial charge is 0.337 e. The molecule has 0 spiro atoms. The highest BCUT2D eigenvalue weighted by Crippen LogP contribution is 2.33. The lowest BCUT2D eigenvalue weighted by molar-refractivity contribution is -0.138. The lowest BCUT2D eigenvalue weighted by atomic mass is 10.1. The number of anilines is 1. The number of benzene rings is 1. The standard InChI is InChI=1S/C13H14ClNO4/c1-2-19-13(18)9-6-11(16)15-10-5-7(14)3-4-8(10)12(9)17/h3-5,11,15-17H,2,6H2,1H3. The van der Waals surface area contributed by atoms with Crippen LogP contribution in [-0.4, -0.2) is 29.0 Å². The molecule has 6 heteroatoms. The summed E-state index contributed by atoms with van der Waals surface area (Å²) in [7, 11) is 0. The number of fused-ring (bicyclic) bond motifs is 1. The lowest BCUT2D eigenvalue weighted by Crippen LogP contribution is -2.21. The molecule has 1 aliphatic rings. The first kappa shape index (κ1) is 13.7. The van der Waals surface area contributed by atoms with Gasteiger partial charge in [0.2, 0.25) is 0 Å². The summed E-state index contributed by atoms with van der Waals surface area (Å²) in [5, 5.41) is 23.3. The Morgan fingerprint density at radius 3 is 3.00 bits per heavy atom. The first-order valence-electron chi connectivity index (χ1n) is 5.86. The van der Waals surface area contributed by atoms with E-state index in [4.69, 9.17) is 16.3 Å². The second-order valence-corrected chi connectivity index (χ2v) is 4.54. The average Bonchev–Trinajstić information content (AvgIpc) is 2.46. The molecular weight excluding hydrogens is 270 g/mol. The van der Waals surface area contributed by atoms with Crippen LogP contribution in [0, 0.1) is 0 Å². The fraction of sp³-hybridized carbons (Fsp3) is 0.308. The van der Waals surface area contributed by atoms with Gasteiger partial charge in [-0.25, -0.2) is 4.79 Å². The molecule has 1 heterocycles. The zero-order chi connectivity index (χ0) is 14.0. The lowest BCUT2D eigenvalue weighted by Gasteiger charge is -2.12. The van der Waals surface area contributed by atoms with E-state index in [0.717, 1.165) is 0 Å². The largest absolute Gasteiger partial charge is 0.507 e. The van der Waals surface area contributed by atoms with Crippen molar-refractivity contribution >= 4 is 29.0 Å². The molecule has 0 aromatic heterocycles. The molecule has 0 saturated carbocycles. The fourth-order valence-electron chi connectivity index (χ4n) is 1.92. The maximum absolute atomic E-state index is 11.8.